The highest BCUT2D eigenvalue weighted by Gasteiger charge is 2.06. The molecule has 0 bridgehead atoms. The molecular formula is C15H13Br2FO2. The van der Waals surface area contributed by atoms with Gasteiger partial charge in [0.2, 0.25) is 0 Å². The van der Waals surface area contributed by atoms with Gasteiger partial charge in [-0.15, -0.1) is 0 Å². The number of hydrogen-bond acceptors (Lipinski definition) is 2. The fourth-order valence-electron chi connectivity index (χ4n) is 1.75. The van der Waals surface area contributed by atoms with Crippen LogP contribution in [0.5, 0.6) is 11.5 Å². The highest BCUT2D eigenvalue weighted by atomic mass is 79.9. The van der Waals surface area contributed by atoms with Crippen LogP contribution in [0.15, 0.2) is 40.9 Å². The zero-order chi connectivity index (χ0) is 14.5. The van der Waals surface area contributed by atoms with Crippen LogP contribution in [0.1, 0.15) is 11.1 Å². The van der Waals surface area contributed by atoms with Crippen molar-refractivity contribution in [2.24, 2.45) is 0 Å². The van der Waals surface area contributed by atoms with E-state index in [4.69, 9.17) is 9.47 Å². The maximum Gasteiger partial charge on any atom is 0.165 e. The van der Waals surface area contributed by atoms with Crippen LogP contribution in [-0.2, 0) is 11.9 Å². The van der Waals surface area contributed by atoms with Gasteiger partial charge in [-0.05, 0) is 35.9 Å². The van der Waals surface area contributed by atoms with E-state index >= 15 is 0 Å². The molecule has 0 aliphatic heterocycles. The monoisotopic (exact) mass is 402 g/mol. The van der Waals surface area contributed by atoms with Gasteiger partial charge in [0.15, 0.2) is 11.6 Å². The first-order chi connectivity index (χ1) is 9.63. The molecule has 0 aromatic heterocycles. The summed E-state index contributed by atoms with van der Waals surface area (Å²) in [6, 6.07) is 10.6. The molecule has 2 rings (SSSR count). The topological polar surface area (TPSA) is 18.5 Å². The van der Waals surface area contributed by atoms with Crippen LogP contribution in [0.2, 0.25) is 0 Å². The standard InChI is InChI=1S/C15H13Br2FO2/c1-19-15-4-2-10(6-13(15)18)9-20-14-5-3-12(17)7-11(14)8-16/h2-7H,8-9H2,1H3. The molecule has 2 aromatic rings. The van der Waals surface area contributed by atoms with Gasteiger partial charge in [0, 0.05) is 15.4 Å². The largest absolute Gasteiger partial charge is 0.494 e. The zero-order valence-electron chi connectivity index (χ0n) is 10.8. The first kappa shape index (κ1) is 15.3. The van der Waals surface area contributed by atoms with Crippen LogP contribution in [0.25, 0.3) is 0 Å². The molecule has 0 amide bonds. The second-order valence-electron chi connectivity index (χ2n) is 4.14. The van der Waals surface area contributed by atoms with E-state index in [1.807, 2.05) is 18.2 Å². The van der Waals surface area contributed by atoms with Crippen molar-refractivity contribution in [3.63, 3.8) is 0 Å². The minimum Gasteiger partial charge on any atom is -0.494 e. The van der Waals surface area contributed by atoms with Crippen molar-refractivity contribution in [3.05, 3.63) is 57.8 Å². The quantitative estimate of drug-likeness (QED) is 0.648. The Kier molecular flexibility index (Phi) is 5.43. The van der Waals surface area contributed by atoms with Gasteiger partial charge in [-0.1, -0.05) is 37.9 Å². The van der Waals surface area contributed by atoms with E-state index < -0.39 is 0 Å². The number of benzene rings is 2. The van der Waals surface area contributed by atoms with Crippen LogP contribution in [0, 0.1) is 5.82 Å². The molecule has 5 heteroatoms. The van der Waals surface area contributed by atoms with Gasteiger partial charge < -0.3 is 9.47 Å². The van der Waals surface area contributed by atoms with Crippen molar-refractivity contribution in [2.75, 3.05) is 7.11 Å². The second-order valence-corrected chi connectivity index (χ2v) is 5.62. The Labute approximate surface area is 134 Å². The summed E-state index contributed by atoms with van der Waals surface area (Å²) < 4.78 is 25.2. The molecule has 0 N–H and O–H groups in total. The summed E-state index contributed by atoms with van der Waals surface area (Å²) in [5.74, 6) is 0.630. The molecule has 0 heterocycles. The summed E-state index contributed by atoms with van der Waals surface area (Å²) in [5, 5.41) is 0.693. The van der Waals surface area contributed by atoms with Gasteiger partial charge >= 0.3 is 0 Å². The van der Waals surface area contributed by atoms with E-state index in [1.165, 1.54) is 13.2 Å². The van der Waals surface area contributed by atoms with Crippen LogP contribution in [0.4, 0.5) is 4.39 Å². The smallest absolute Gasteiger partial charge is 0.165 e. The molecule has 0 aliphatic rings. The normalized spacial score (nSPS) is 10.4. The minimum atomic E-state index is -0.384. The average molecular weight is 404 g/mol. The van der Waals surface area contributed by atoms with Crippen molar-refractivity contribution < 1.29 is 13.9 Å². The Hall–Kier alpha value is -1.07. The molecule has 2 aromatic carbocycles. The lowest BCUT2D eigenvalue weighted by Crippen LogP contribution is -1.99. The third-order valence-corrected chi connectivity index (χ3v) is 3.87. The fraction of sp³-hybridized carbons (Fsp3) is 0.200. The third-order valence-electron chi connectivity index (χ3n) is 2.78. The molecule has 20 heavy (non-hydrogen) atoms. The molecule has 0 saturated heterocycles. The SMILES string of the molecule is COc1ccc(COc2ccc(Br)cc2CBr)cc1F. The molecule has 0 saturated carbocycles. The summed E-state index contributed by atoms with van der Waals surface area (Å²) in [6.07, 6.45) is 0. The first-order valence-corrected chi connectivity index (χ1v) is 7.85. The zero-order valence-corrected chi connectivity index (χ0v) is 14.0. The van der Waals surface area contributed by atoms with Crippen LogP contribution in [0.3, 0.4) is 0 Å². The molecule has 0 radical (unpaired) electrons. The Bertz CT molecular complexity index is 602. The molecule has 0 spiro atoms. The Morgan fingerprint density at radius 2 is 1.85 bits per heavy atom. The molecule has 0 fully saturated rings. The van der Waals surface area contributed by atoms with Crippen molar-refractivity contribution in [1.29, 1.82) is 0 Å². The van der Waals surface area contributed by atoms with Gasteiger partial charge in [0.25, 0.3) is 0 Å². The molecule has 106 valence electrons. The van der Waals surface area contributed by atoms with E-state index in [-0.39, 0.29) is 11.6 Å². The van der Waals surface area contributed by atoms with Gasteiger partial charge in [0.1, 0.15) is 12.4 Å². The summed E-state index contributed by atoms with van der Waals surface area (Å²) in [6.45, 7) is 0.308. The van der Waals surface area contributed by atoms with E-state index in [0.29, 0.717) is 11.9 Å². The van der Waals surface area contributed by atoms with Crippen molar-refractivity contribution in [3.8, 4) is 11.5 Å². The predicted molar refractivity (Wildman–Crippen MR) is 84.1 cm³/mol. The predicted octanol–water partition coefficient (Wildman–Crippen LogP) is 5.07. The van der Waals surface area contributed by atoms with Gasteiger partial charge in [0.05, 0.1) is 7.11 Å². The number of ether oxygens (including phenoxy) is 2. The fourth-order valence-corrected chi connectivity index (χ4v) is 2.60. The molecule has 0 atom stereocenters. The van der Waals surface area contributed by atoms with Crippen LogP contribution < -0.4 is 9.47 Å². The molecule has 2 nitrogen and oxygen atoms in total. The Balaban J connectivity index is 2.10. The van der Waals surface area contributed by atoms with Crippen molar-refractivity contribution in [1.82, 2.24) is 0 Å². The summed E-state index contributed by atoms with van der Waals surface area (Å²) >= 11 is 6.84. The third kappa shape index (κ3) is 3.73. The average Bonchev–Trinajstić information content (AvgIpc) is 2.46. The number of rotatable bonds is 5. The minimum absolute atomic E-state index is 0.235. The maximum absolute atomic E-state index is 13.6. The molecular weight excluding hydrogens is 391 g/mol. The second kappa shape index (κ2) is 7.09. The number of methoxy groups -OCH3 is 1. The highest BCUT2D eigenvalue weighted by Crippen LogP contribution is 2.26. The number of halogens is 3. The van der Waals surface area contributed by atoms with Gasteiger partial charge in [-0.25, -0.2) is 4.39 Å². The first-order valence-electron chi connectivity index (χ1n) is 5.93. The lowest BCUT2D eigenvalue weighted by Gasteiger charge is -2.11. The van der Waals surface area contributed by atoms with E-state index in [2.05, 4.69) is 31.9 Å². The van der Waals surface area contributed by atoms with Crippen LogP contribution >= 0.6 is 31.9 Å². The van der Waals surface area contributed by atoms with E-state index in [9.17, 15) is 4.39 Å². The lowest BCUT2D eigenvalue weighted by molar-refractivity contribution is 0.302. The Morgan fingerprint density at radius 3 is 2.50 bits per heavy atom. The van der Waals surface area contributed by atoms with Crippen molar-refractivity contribution >= 4 is 31.9 Å². The number of alkyl halides is 1. The molecule has 0 aliphatic carbocycles. The summed E-state index contributed by atoms with van der Waals surface area (Å²) in [4.78, 5) is 0. The van der Waals surface area contributed by atoms with Crippen LogP contribution in [-0.4, -0.2) is 7.11 Å². The van der Waals surface area contributed by atoms with Crippen molar-refractivity contribution in [2.45, 2.75) is 11.9 Å². The lowest BCUT2D eigenvalue weighted by atomic mass is 10.2. The molecule has 0 unspecified atom stereocenters. The Morgan fingerprint density at radius 1 is 1.10 bits per heavy atom. The number of hydrogen-bond donors (Lipinski definition) is 0. The highest BCUT2D eigenvalue weighted by molar-refractivity contribution is 9.10. The maximum atomic E-state index is 13.6. The van der Waals surface area contributed by atoms with Gasteiger partial charge in [-0.2, -0.15) is 0 Å². The van der Waals surface area contributed by atoms with Gasteiger partial charge in [-0.3, -0.25) is 0 Å². The summed E-state index contributed by atoms with van der Waals surface area (Å²) in [5.41, 5.74) is 1.79. The van der Waals surface area contributed by atoms with E-state index in [1.54, 1.807) is 12.1 Å². The summed E-state index contributed by atoms with van der Waals surface area (Å²) in [7, 11) is 1.44. The van der Waals surface area contributed by atoms with E-state index in [0.717, 1.165) is 21.3 Å².